The van der Waals surface area contributed by atoms with Crippen LogP contribution in [0.15, 0.2) is 42.5 Å². The van der Waals surface area contributed by atoms with Gasteiger partial charge in [-0.25, -0.2) is 0 Å². The molecule has 0 bridgehead atoms. The molecule has 1 heteroatoms. The fourth-order valence-electron chi connectivity index (χ4n) is 1.54. The first-order chi connectivity index (χ1) is 6.75. The van der Waals surface area contributed by atoms with E-state index >= 15 is 0 Å². The number of hydrogen-bond donors (Lipinski definition) is 0. The van der Waals surface area contributed by atoms with Gasteiger partial charge in [-0.3, -0.25) is 0 Å². The van der Waals surface area contributed by atoms with Gasteiger partial charge in [0.2, 0.25) is 0 Å². The number of rotatable bonds is 3. The summed E-state index contributed by atoms with van der Waals surface area (Å²) in [5, 5.41) is 8.51. The van der Waals surface area contributed by atoms with Crippen molar-refractivity contribution in [3.8, 4) is 6.07 Å². The van der Waals surface area contributed by atoms with E-state index in [1.807, 2.05) is 30.3 Å². The smallest absolute Gasteiger partial charge is 0.0908 e. The van der Waals surface area contributed by atoms with Crippen molar-refractivity contribution in [2.75, 3.05) is 0 Å². The van der Waals surface area contributed by atoms with Crippen LogP contribution in [0.2, 0.25) is 0 Å². The molecule has 1 aromatic carbocycles. The summed E-state index contributed by atoms with van der Waals surface area (Å²) in [7, 11) is 0. The van der Waals surface area contributed by atoms with Gasteiger partial charge in [-0.2, -0.15) is 5.26 Å². The first-order valence-corrected chi connectivity index (χ1v) is 4.87. The van der Waals surface area contributed by atoms with Crippen molar-refractivity contribution in [1.29, 1.82) is 5.26 Å². The third-order valence-electron chi connectivity index (χ3n) is 2.28. The third-order valence-corrected chi connectivity index (χ3v) is 2.28. The van der Waals surface area contributed by atoms with Crippen LogP contribution in [0.5, 0.6) is 0 Å². The normalized spacial score (nSPS) is 13.0. The van der Waals surface area contributed by atoms with E-state index < -0.39 is 0 Å². The Labute approximate surface area is 85.7 Å². The van der Waals surface area contributed by atoms with E-state index in [9.17, 15) is 0 Å². The standard InChI is InChI=1S/C13H15N/c1-11(2)13(9-6-10-14)12-7-4-3-5-8-12/h3-9,11,13H,1-2H3/b9-6+/t13-/m1/s1. The molecule has 1 aromatic rings. The lowest BCUT2D eigenvalue weighted by Gasteiger charge is -2.16. The largest absolute Gasteiger partial charge is 0.193 e. The quantitative estimate of drug-likeness (QED) is 0.661. The van der Waals surface area contributed by atoms with Gasteiger partial charge in [-0.15, -0.1) is 0 Å². The van der Waals surface area contributed by atoms with Crippen molar-refractivity contribution >= 4 is 0 Å². The van der Waals surface area contributed by atoms with Crippen molar-refractivity contribution in [3.05, 3.63) is 48.0 Å². The molecular formula is C13H15N. The Bertz CT molecular complexity index is 330. The van der Waals surface area contributed by atoms with Gasteiger partial charge < -0.3 is 0 Å². The zero-order valence-corrected chi connectivity index (χ0v) is 8.64. The summed E-state index contributed by atoms with van der Waals surface area (Å²) < 4.78 is 0. The van der Waals surface area contributed by atoms with Crippen LogP contribution in [0.4, 0.5) is 0 Å². The van der Waals surface area contributed by atoms with Gasteiger partial charge in [0.25, 0.3) is 0 Å². The molecule has 0 amide bonds. The lowest BCUT2D eigenvalue weighted by Crippen LogP contribution is -2.03. The molecule has 72 valence electrons. The van der Waals surface area contributed by atoms with Gasteiger partial charge in [0.1, 0.15) is 0 Å². The Kier molecular flexibility index (Phi) is 3.94. The molecule has 0 saturated heterocycles. The average molecular weight is 185 g/mol. The maximum atomic E-state index is 8.51. The molecule has 1 rings (SSSR count). The zero-order chi connectivity index (χ0) is 10.4. The molecule has 0 aliphatic carbocycles. The summed E-state index contributed by atoms with van der Waals surface area (Å²) in [6, 6.07) is 12.3. The molecule has 0 fully saturated rings. The predicted octanol–water partition coefficient (Wildman–Crippen LogP) is 3.51. The molecule has 0 aromatic heterocycles. The second-order valence-electron chi connectivity index (χ2n) is 3.67. The van der Waals surface area contributed by atoms with Crippen LogP contribution in [-0.2, 0) is 0 Å². The second-order valence-corrected chi connectivity index (χ2v) is 3.67. The molecule has 0 saturated carbocycles. The number of benzene rings is 1. The van der Waals surface area contributed by atoms with E-state index in [2.05, 4.69) is 26.0 Å². The monoisotopic (exact) mass is 185 g/mol. The summed E-state index contributed by atoms with van der Waals surface area (Å²) in [6.45, 7) is 4.33. The van der Waals surface area contributed by atoms with E-state index in [1.54, 1.807) is 6.08 Å². The first kappa shape index (κ1) is 10.5. The van der Waals surface area contributed by atoms with E-state index in [4.69, 9.17) is 5.26 Å². The summed E-state index contributed by atoms with van der Waals surface area (Å²) in [5.74, 6) is 0.859. The number of allylic oxidation sites excluding steroid dienone is 2. The molecular weight excluding hydrogens is 170 g/mol. The lowest BCUT2D eigenvalue weighted by atomic mass is 9.88. The third kappa shape index (κ3) is 2.74. The van der Waals surface area contributed by atoms with Crippen LogP contribution < -0.4 is 0 Å². The minimum Gasteiger partial charge on any atom is -0.193 e. The average Bonchev–Trinajstić information content (AvgIpc) is 2.19. The van der Waals surface area contributed by atoms with E-state index in [-0.39, 0.29) is 0 Å². The fraction of sp³-hybridized carbons (Fsp3) is 0.308. The molecule has 0 spiro atoms. The van der Waals surface area contributed by atoms with E-state index in [0.29, 0.717) is 11.8 Å². The number of nitrogens with zero attached hydrogens (tertiary/aromatic N) is 1. The molecule has 0 N–H and O–H groups in total. The van der Waals surface area contributed by atoms with Crippen LogP contribution in [0, 0.1) is 17.2 Å². The highest BCUT2D eigenvalue weighted by atomic mass is 14.2. The Morgan fingerprint density at radius 2 is 1.86 bits per heavy atom. The van der Waals surface area contributed by atoms with E-state index in [1.165, 1.54) is 5.56 Å². The van der Waals surface area contributed by atoms with Crippen LogP contribution in [0.1, 0.15) is 25.3 Å². The summed E-state index contributed by atoms with van der Waals surface area (Å²) >= 11 is 0. The highest BCUT2D eigenvalue weighted by Gasteiger charge is 2.11. The van der Waals surface area contributed by atoms with Crippen molar-refractivity contribution < 1.29 is 0 Å². The molecule has 0 unspecified atom stereocenters. The highest BCUT2D eigenvalue weighted by molar-refractivity contribution is 5.25. The van der Waals surface area contributed by atoms with Crippen molar-refractivity contribution in [3.63, 3.8) is 0 Å². The zero-order valence-electron chi connectivity index (χ0n) is 8.64. The molecule has 0 aliphatic rings. The summed E-state index contributed by atoms with van der Waals surface area (Å²) in [5.41, 5.74) is 1.27. The molecule has 1 atom stereocenters. The van der Waals surface area contributed by atoms with Crippen LogP contribution in [0.25, 0.3) is 0 Å². The van der Waals surface area contributed by atoms with Crippen molar-refractivity contribution in [1.82, 2.24) is 0 Å². The maximum absolute atomic E-state index is 8.51. The van der Waals surface area contributed by atoms with Gasteiger partial charge in [-0.1, -0.05) is 50.3 Å². The number of nitriles is 1. The molecule has 0 radical (unpaired) electrons. The highest BCUT2D eigenvalue weighted by Crippen LogP contribution is 2.25. The Balaban J connectivity index is 2.90. The van der Waals surface area contributed by atoms with Gasteiger partial charge in [0.15, 0.2) is 0 Å². The van der Waals surface area contributed by atoms with Crippen LogP contribution in [-0.4, -0.2) is 0 Å². The second kappa shape index (κ2) is 5.24. The minimum absolute atomic E-state index is 0.343. The first-order valence-electron chi connectivity index (χ1n) is 4.87. The molecule has 0 aliphatic heterocycles. The molecule has 0 heterocycles. The van der Waals surface area contributed by atoms with Gasteiger partial charge in [0.05, 0.1) is 6.07 Å². The minimum atomic E-state index is 0.343. The SMILES string of the molecule is CC(C)[C@@H](/C=C/C#N)c1ccccc1. The van der Waals surface area contributed by atoms with Crippen LogP contribution in [0.3, 0.4) is 0 Å². The van der Waals surface area contributed by atoms with Gasteiger partial charge in [0, 0.05) is 12.0 Å². The Morgan fingerprint density at radius 3 is 2.36 bits per heavy atom. The van der Waals surface area contributed by atoms with E-state index in [0.717, 1.165) is 0 Å². The summed E-state index contributed by atoms with van der Waals surface area (Å²) in [6.07, 6.45) is 3.54. The van der Waals surface area contributed by atoms with Gasteiger partial charge in [-0.05, 0) is 11.5 Å². The van der Waals surface area contributed by atoms with Gasteiger partial charge >= 0.3 is 0 Å². The van der Waals surface area contributed by atoms with Crippen molar-refractivity contribution in [2.45, 2.75) is 19.8 Å². The molecule has 1 nitrogen and oxygen atoms in total. The predicted molar refractivity (Wildman–Crippen MR) is 58.8 cm³/mol. The number of hydrogen-bond acceptors (Lipinski definition) is 1. The fourth-order valence-corrected chi connectivity index (χ4v) is 1.54. The molecule has 14 heavy (non-hydrogen) atoms. The van der Waals surface area contributed by atoms with Crippen LogP contribution >= 0.6 is 0 Å². The Morgan fingerprint density at radius 1 is 1.21 bits per heavy atom. The summed E-state index contributed by atoms with van der Waals surface area (Å²) in [4.78, 5) is 0. The van der Waals surface area contributed by atoms with Crippen molar-refractivity contribution in [2.24, 2.45) is 5.92 Å². The maximum Gasteiger partial charge on any atom is 0.0908 e. The Hall–Kier alpha value is -1.55. The topological polar surface area (TPSA) is 23.8 Å². The lowest BCUT2D eigenvalue weighted by molar-refractivity contribution is 0.578.